The van der Waals surface area contributed by atoms with E-state index in [1.165, 1.54) is 0 Å². The van der Waals surface area contributed by atoms with Crippen molar-refractivity contribution in [3.8, 4) is 11.8 Å². The first-order valence-corrected chi connectivity index (χ1v) is 19.8. The van der Waals surface area contributed by atoms with Crippen molar-refractivity contribution in [3.63, 3.8) is 0 Å². The van der Waals surface area contributed by atoms with Gasteiger partial charge in [0, 0.05) is 75.5 Å². The van der Waals surface area contributed by atoms with E-state index in [-0.39, 0.29) is 53.2 Å². The van der Waals surface area contributed by atoms with Crippen molar-refractivity contribution in [3.05, 3.63) is 52.7 Å². The lowest BCUT2D eigenvalue weighted by atomic mass is 9.49. The molecule has 5 rings (SSSR count). The maximum absolute atomic E-state index is 13.5. The minimum Gasteiger partial charge on any atom is -0.489 e. The van der Waals surface area contributed by atoms with E-state index >= 15 is 0 Å². The number of hydrogen-bond acceptors (Lipinski definition) is 10. The molecule has 3 aliphatic rings. The first-order valence-electron chi connectivity index (χ1n) is 19.4. The van der Waals surface area contributed by atoms with Crippen molar-refractivity contribution in [1.82, 2.24) is 30.7 Å². The van der Waals surface area contributed by atoms with Crippen LogP contribution in [0.4, 0.5) is 5.82 Å². The Kier molecular flexibility index (Phi) is 13.2. The van der Waals surface area contributed by atoms with Gasteiger partial charge in [-0.25, -0.2) is 4.98 Å². The van der Waals surface area contributed by atoms with E-state index in [2.05, 4.69) is 64.5 Å². The average Bonchev–Trinajstić information content (AvgIpc) is 3.66. The monoisotopic (exact) mass is 792 g/mol. The van der Waals surface area contributed by atoms with Gasteiger partial charge < -0.3 is 35.2 Å². The quantitative estimate of drug-likeness (QED) is 0.255. The van der Waals surface area contributed by atoms with Crippen molar-refractivity contribution in [2.75, 3.05) is 64.4 Å². The molecule has 3 heterocycles. The van der Waals surface area contributed by atoms with Crippen LogP contribution in [0.2, 0.25) is 5.02 Å². The number of ether oxygens (including phenoxy) is 2. The van der Waals surface area contributed by atoms with Crippen LogP contribution in [0, 0.1) is 27.6 Å². The van der Waals surface area contributed by atoms with Gasteiger partial charge in [-0.15, -0.1) is 0 Å². The number of likely N-dealkylation sites (tertiary alicyclic amines) is 1. The molecule has 4 amide bonds. The predicted octanol–water partition coefficient (Wildman–Crippen LogP) is 3.63. The zero-order valence-electron chi connectivity index (χ0n) is 33.9. The fourth-order valence-corrected chi connectivity index (χ4v) is 8.78. The summed E-state index contributed by atoms with van der Waals surface area (Å²) in [5, 5.41) is 18.3. The van der Waals surface area contributed by atoms with Gasteiger partial charge in [-0.3, -0.25) is 24.1 Å². The molecule has 2 aromatic rings. The number of carbonyl (C=O) groups excluding carboxylic acids is 4. The molecule has 14 nitrogen and oxygen atoms in total. The fraction of sp³-hybridized carbons (Fsp3) is 0.610. The second-order valence-corrected chi connectivity index (χ2v) is 17.7. The van der Waals surface area contributed by atoms with E-state index in [1.807, 2.05) is 26.8 Å². The lowest BCUT2D eigenvalue weighted by Gasteiger charge is -2.63. The van der Waals surface area contributed by atoms with Crippen LogP contribution in [0.15, 0.2) is 36.5 Å². The van der Waals surface area contributed by atoms with Crippen LogP contribution in [0.3, 0.4) is 0 Å². The number of nitriles is 1. The molecule has 0 radical (unpaired) electrons. The van der Waals surface area contributed by atoms with E-state index < -0.39 is 17.5 Å². The van der Waals surface area contributed by atoms with Gasteiger partial charge in [-0.05, 0) is 42.5 Å². The molecule has 3 fully saturated rings. The van der Waals surface area contributed by atoms with Crippen LogP contribution in [0.25, 0.3) is 0 Å². The van der Waals surface area contributed by atoms with Crippen LogP contribution in [0.1, 0.15) is 77.2 Å². The van der Waals surface area contributed by atoms with Gasteiger partial charge >= 0.3 is 0 Å². The molecule has 1 aromatic carbocycles. The van der Waals surface area contributed by atoms with Crippen LogP contribution < -0.4 is 25.6 Å². The third-order valence-corrected chi connectivity index (χ3v) is 11.7. The molecule has 1 aromatic heterocycles. The number of nitrogens with zero attached hydrogens (tertiary/aromatic N) is 5. The number of piperazine rings is 1. The van der Waals surface area contributed by atoms with Gasteiger partial charge in [0.25, 0.3) is 5.91 Å². The van der Waals surface area contributed by atoms with Crippen LogP contribution in [-0.4, -0.2) is 122 Å². The number of benzene rings is 1. The zero-order chi connectivity index (χ0) is 41.0. The first kappa shape index (κ1) is 42.7. The summed E-state index contributed by atoms with van der Waals surface area (Å²) in [6.07, 6.45) is 2.76. The van der Waals surface area contributed by atoms with Gasteiger partial charge in [0.15, 0.2) is 0 Å². The van der Waals surface area contributed by atoms with Crippen molar-refractivity contribution >= 4 is 41.0 Å². The predicted molar refractivity (Wildman–Crippen MR) is 213 cm³/mol. The highest BCUT2D eigenvalue weighted by Gasteiger charge is 2.64. The summed E-state index contributed by atoms with van der Waals surface area (Å²) in [6, 6.07) is 9.31. The number of hydrogen-bond donors (Lipinski definition) is 3. The molecular formula is C41H57ClN8O6. The van der Waals surface area contributed by atoms with Crippen molar-refractivity contribution in [1.29, 1.82) is 5.26 Å². The molecule has 2 aliphatic heterocycles. The van der Waals surface area contributed by atoms with Gasteiger partial charge in [0.1, 0.15) is 42.4 Å². The number of aromatic nitrogens is 1. The lowest BCUT2D eigenvalue weighted by molar-refractivity contribution is -0.164. The second kappa shape index (κ2) is 17.4. The third kappa shape index (κ3) is 9.39. The summed E-state index contributed by atoms with van der Waals surface area (Å²) in [6.45, 7) is 18.3. The second-order valence-electron chi connectivity index (χ2n) is 17.3. The van der Waals surface area contributed by atoms with Crippen molar-refractivity contribution in [2.45, 2.75) is 85.5 Å². The third-order valence-electron chi connectivity index (χ3n) is 11.4. The highest BCUT2D eigenvalue weighted by Crippen LogP contribution is 2.55. The SMILES string of the molecule is CNC(=O)[C@@H]1CCCN1C(=O)[C@@H](NC(=O)COCCN1CCN(c2ccc(C(=O)N[C@H]3C(C)(C)[C@H](Oc4ccc(C#N)c(Cl)c4)C3(C)C)cn2)CC1)C(C)(C)C. The number of nitrogens with one attached hydrogen (secondary N) is 3. The number of likely N-dealkylation sites (N-methyl/N-ethyl adjacent to an activating group) is 1. The van der Waals surface area contributed by atoms with Gasteiger partial charge in [0.05, 0.1) is 22.8 Å². The smallest absolute Gasteiger partial charge is 0.253 e. The zero-order valence-corrected chi connectivity index (χ0v) is 34.7. The summed E-state index contributed by atoms with van der Waals surface area (Å²) in [5.74, 6) is 0.364. The number of pyridine rings is 1. The normalized spacial score (nSPS) is 22.3. The van der Waals surface area contributed by atoms with Crippen LogP contribution >= 0.6 is 11.6 Å². The topological polar surface area (TPSA) is 169 Å². The standard InChI is InChI=1S/C41H57ClN8O6/c1-39(2,3)33(36(54)50-15-9-10-30(50)35(53)44-8)46-32(51)25-55-21-20-48-16-18-49(19-17-48)31-14-12-27(24-45-31)34(52)47-37-40(4,5)38(41(37,6)7)56-28-13-11-26(23-43)29(42)22-28/h11-14,22,24,30,33,37-38H,9-10,15-21,25H2,1-8H3,(H,44,53)(H,46,51)(H,47,52)/t30-,33+,37-,38-/m0/s1. The van der Waals surface area contributed by atoms with Crippen molar-refractivity contribution < 1.29 is 28.7 Å². The van der Waals surface area contributed by atoms with Gasteiger partial charge in [-0.2, -0.15) is 5.26 Å². The Morgan fingerprint density at radius 2 is 1.73 bits per heavy atom. The Hall–Kier alpha value is -4.45. The maximum atomic E-state index is 13.5. The summed E-state index contributed by atoms with van der Waals surface area (Å²) in [4.78, 5) is 62.8. The Balaban J connectivity index is 1.04. The Bertz CT molecular complexity index is 1780. The fourth-order valence-electron chi connectivity index (χ4n) is 8.56. The molecule has 0 unspecified atom stereocenters. The summed E-state index contributed by atoms with van der Waals surface area (Å²) < 4.78 is 12.1. The molecule has 15 heteroatoms. The molecule has 0 bridgehead atoms. The van der Waals surface area contributed by atoms with Crippen LogP contribution in [-0.2, 0) is 19.1 Å². The molecule has 2 atom stereocenters. The summed E-state index contributed by atoms with van der Waals surface area (Å²) in [7, 11) is 1.56. The van der Waals surface area contributed by atoms with Crippen molar-refractivity contribution in [2.24, 2.45) is 16.2 Å². The molecule has 56 heavy (non-hydrogen) atoms. The number of anilines is 1. The van der Waals surface area contributed by atoms with E-state index in [9.17, 15) is 24.4 Å². The van der Waals surface area contributed by atoms with E-state index in [0.29, 0.717) is 48.0 Å². The Labute approximate surface area is 335 Å². The Morgan fingerprint density at radius 1 is 1.04 bits per heavy atom. The number of halogens is 1. The molecule has 1 aliphatic carbocycles. The first-order chi connectivity index (χ1) is 26.4. The lowest BCUT2D eigenvalue weighted by Crippen LogP contribution is -2.74. The van der Waals surface area contributed by atoms with E-state index in [1.54, 1.807) is 42.4 Å². The van der Waals surface area contributed by atoms with E-state index in [4.69, 9.17) is 21.1 Å². The Morgan fingerprint density at radius 3 is 2.32 bits per heavy atom. The van der Waals surface area contributed by atoms with E-state index in [0.717, 1.165) is 38.4 Å². The largest absolute Gasteiger partial charge is 0.489 e. The number of rotatable bonds is 13. The van der Waals surface area contributed by atoms with Gasteiger partial charge in [-0.1, -0.05) is 60.1 Å². The average molecular weight is 793 g/mol. The molecule has 304 valence electrons. The number of amides is 4. The minimum atomic E-state index is -0.785. The molecule has 1 saturated carbocycles. The molecule has 3 N–H and O–H groups in total. The molecule has 2 saturated heterocycles. The highest BCUT2D eigenvalue weighted by atomic mass is 35.5. The molecule has 0 spiro atoms. The van der Waals surface area contributed by atoms with Gasteiger partial charge in [0.2, 0.25) is 17.7 Å². The number of carbonyl (C=O) groups is 4. The van der Waals surface area contributed by atoms with Crippen LogP contribution in [0.5, 0.6) is 5.75 Å². The minimum absolute atomic E-state index is 0.165. The highest BCUT2D eigenvalue weighted by molar-refractivity contribution is 6.31. The summed E-state index contributed by atoms with van der Waals surface area (Å²) in [5.41, 5.74) is -0.454. The summed E-state index contributed by atoms with van der Waals surface area (Å²) >= 11 is 6.23. The molecular weight excluding hydrogens is 736 g/mol. The maximum Gasteiger partial charge on any atom is 0.253 e.